The lowest BCUT2D eigenvalue weighted by Crippen LogP contribution is -2.38. The van der Waals surface area contributed by atoms with E-state index in [1.165, 1.54) is 0 Å². The number of amides is 1. The standard InChI is InChI=1S/C10H18N4O/c1-4-14(8(2)3)10(15)7-13-6-9(11)5-12-13/h5-6,8H,4,7,11H2,1-3H3. The molecule has 0 aliphatic heterocycles. The highest BCUT2D eigenvalue weighted by molar-refractivity contribution is 5.76. The zero-order valence-electron chi connectivity index (χ0n) is 9.47. The van der Waals surface area contributed by atoms with Crippen LogP contribution >= 0.6 is 0 Å². The summed E-state index contributed by atoms with van der Waals surface area (Å²) in [5.74, 6) is 0.0654. The number of rotatable bonds is 4. The second-order valence-electron chi connectivity index (χ2n) is 3.74. The summed E-state index contributed by atoms with van der Waals surface area (Å²) >= 11 is 0. The van der Waals surface area contributed by atoms with Crippen molar-refractivity contribution in [2.24, 2.45) is 0 Å². The largest absolute Gasteiger partial charge is 0.396 e. The van der Waals surface area contributed by atoms with Crippen molar-refractivity contribution >= 4 is 11.6 Å². The molecule has 0 spiro atoms. The molecule has 0 bridgehead atoms. The minimum Gasteiger partial charge on any atom is -0.396 e. The molecule has 0 aromatic carbocycles. The molecule has 84 valence electrons. The first kappa shape index (κ1) is 11.6. The van der Waals surface area contributed by atoms with Gasteiger partial charge >= 0.3 is 0 Å². The molecule has 0 atom stereocenters. The van der Waals surface area contributed by atoms with Crippen LogP contribution in [0.1, 0.15) is 20.8 Å². The number of likely N-dealkylation sites (N-methyl/N-ethyl adjacent to an activating group) is 1. The Balaban J connectivity index is 2.62. The Kier molecular flexibility index (Phi) is 3.71. The number of nitrogen functional groups attached to an aromatic ring is 1. The number of hydrogen-bond acceptors (Lipinski definition) is 3. The lowest BCUT2D eigenvalue weighted by atomic mass is 10.3. The summed E-state index contributed by atoms with van der Waals surface area (Å²) in [5.41, 5.74) is 6.09. The third-order valence-electron chi connectivity index (χ3n) is 2.23. The lowest BCUT2D eigenvalue weighted by Gasteiger charge is -2.24. The molecule has 0 radical (unpaired) electrons. The van der Waals surface area contributed by atoms with Gasteiger partial charge in [0.15, 0.2) is 0 Å². The topological polar surface area (TPSA) is 64.2 Å². The monoisotopic (exact) mass is 210 g/mol. The zero-order chi connectivity index (χ0) is 11.4. The average Bonchev–Trinajstić information content (AvgIpc) is 2.51. The number of hydrogen-bond donors (Lipinski definition) is 1. The Morgan fingerprint density at radius 2 is 2.33 bits per heavy atom. The zero-order valence-corrected chi connectivity index (χ0v) is 9.47. The Morgan fingerprint density at radius 1 is 1.67 bits per heavy atom. The molecule has 1 amide bonds. The summed E-state index contributed by atoms with van der Waals surface area (Å²) in [6, 6.07) is 0.218. The van der Waals surface area contributed by atoms with Gasteiger partial charge in [0.05, 0.1) is 11.9 Å². The highest BCUT2D eigenvalue weighted by Gasteiger charge is 2.15. The van der Waals surface area contributed by atoms with Gasteiger partial charge in [-0.2, -0.15) is 5.10 Å². The van der Waals surface area contributed by atoms with Crippen molar-refractivity contribution in [3.05, 3.63) is 12.4 Å². The van der Waals surface area contributed by atoms with Crippen LogP contribution in [0.25, 0.3) is 0 Å². The van der Waals surface area contributed by atoms with Gasteiger partial charge in [0.1, 0.15) is 6.54 Å². The fourth-order valence-corrected chi connectivity index (χ4v) is 1.52. The van der Waals surface area contributed by atoms with Gasteiger partial charge in [-0.25, -0.2) is 0 Å². The van der Waals surface area contributed by atoms with Crippen LogP contribution in [0.4, 0.5) is 5.69 Å². The first-order chi connectivity index (χ1) is 7.04. The van der Waals surface area contributed by atoms with Crippen molar-refractivity contribution in [1.29, 1.82) is 0 Å². The maximum Gasteiger partial charge on any atom is 0.244 e. The van der Waals surface area contributed by atoms with Crippen molar-refractivity contribution < 1.29 is 4.79 Å². The third kappa shape index (κ3) is 2.97. The van der Waals surface area contributed by atoms with Gasteiger partial charge in [0.2, 0.25) is 5.91 Å². The van der Waals surface area contributed by atoms with Crippen LogP contribution in [-0.4, -0.2) is 33.2 Å². The average molecular weight is 210 g/mol. The van der Waals surface area contributed by atoms with Crippen molar-refractivity contribution in [3.8, 4) is 0 Å². The third-order valence-corrected chi connectivity index (χ3v) is 2.23. The number of aromatic nitrogens is 2. The summed E-state index contributed by atoms with van der Waals surface area (Å²) in [5, 5.41) is 3.98. The Labute approximate surface area is 89.9 Å². The van der Waals surface area contributed by atoms with Crippen molar-refractivity contribution in [1.82, 2.24) is 14.7 Å². The van der Waals surface area contributed by atoms with Crippen molar-refractivity contribution in [2.75, 3.05) is 12.3 Å². The number of anilines is 1. The molecule has 0 fully saturated rings. The fraction of sp³-hybridized carbons (Fsp3) is 0.600. The smallest absolute Gasteiger partial charge is 0.244 e. The summed E-state index contributed by atoms with van der Waals surface area (Å²) < 4.78 is 1.56. The molecule has 2 N–H and O–H groups in total. The molecule has 15 heavy (non-hydrogen) atoms. The molecule has 0 saturated heterocycles. The van der Waals surface area contributed by atoms with E-state index >= 15 is 0 Å². The van der Waals surface area contributed by atoms with E-state index in [9.17, 15) is 4.79 Å². The number of carbonyl (C=O) groups excluding carboxylic acids is 1. The van der Waals surface area contributed by atoms with Crippen LogP contribution in [0.3, 0.4) is 0 Å². The predicted octanol–water partition coefficient (Wildman–Crippen LogP) is 0.722. The Bertz CT molecular complexity index is 332. The SMILES string of the molecule is CCN(C(=O)Cn1cc(N)cn1)C(C)C. The van der Waals surface area contributed by atoms with E-state index in [2.05, 4.69) is 5.10 Å². The van der Waals surface area contributed by atoms with E-state index in [0.29, 0.717) is 12.2 Å². The predicted molar refractivity (Wildman–Crippen MR) is 59.2 cm³/mol. The van der Waals surface area contributed by atoms with Crippen molar-refractivity contribution in [2.45, 2.75) is 33.4 Å². The molecular weight excluding hydrogens is 192 g/mol. The van der Waals surface area contributed by atoms with Crippen LogP contribution in [0.5, 0.6) is 0 Å². The molecule has 1 heterocycles. The normalized spacial score (nSPS) is 10.7. The molecule has 0 unspecified atom stereocenters. The van der Waals surface area contributed by atoms with E-state index in [1.807, 2.05) is 20.8 Å². The quantitative estimate of drug-likeness (QED) is 0.796. The highest BCUT2D eigenvalue weighted by atomic mass is 16.2. The summed E-state index contributed by atoms with van der Waals surface area (Å²) in [6.45, 7) is 6.93. The fourth-order valence-electron chi connectivity index (χ4n) is 1.52. The van der Waals surface area contributed by atoms with Gasteiger partial charge in [0.25, 0.3) is 0 Å². The van der Waals surface area contributed by atoms with Crippen LogP contribution in [0, 0.1) is 0 Å². The molecule has 5 heteroatoms. The molecule has 1 aromatic heterocycles. The Hall–Kier alpha value is -1.52. The van der Waals surface area contributed by atoms with Gasteiger partial charge in [-0.3, -0.25) is 9.48 Å². The molecule has 1 rings (SSSR count). The van der Waals surface area contributed by atoms with Gasteiger partial charge in [-0.05, 0) is 20.8 Å². The maximum absolute atomic E-state index is 11.8. The second-order valence-corrected chi connectivity index (χ2v) is 3.74. The Morgan fingerprint density at radius 3 is 2.73 bits per heavy atom. The summed E-state index contributed by atoms with van der Waals surface area (Å²) in [7, 11) is 0. The van der Waals surface area contributed by atoms with Crippen LogP contribution in [0.2, 0.25) is 0 Å². The van der Waals surface area contributed by atoms with Gasteiger partial charge in [-0.15, -0.1) is 0 Å². The van der Waals surface area contributed by atoms with E-state index in [0.717, 1.165) is 0 Å². The molecule has 5 nitrogen and oxygen atoms in total. The second kappa shape index (κ2) is 4.82. The highest BCUT2D eigenvalue weighted by Crippen LogP contribution is 2.02. The first-order valence-electron chi connectivity index (χ1n) is 5.12. The summed E-state index contributed by atoms with van der Waals surface area (Å²) in [6.07, 6.45) is 3.20. The van der Waals surface area contributed by atoms with E-state index < -0.39 is 0 Å². The van der Waals surface area contributed by atoms with Crippen LogP contribution < -0.4 is 5.73 Å². The minimum atomic E-state index is 0.0654. The minimum absolute atomic E-state index is 0.0654. The number of carbonyl (C=O) groups is 1. The van der Waals surface area contributed by atoms with Gasteiger partial charge in [-0.1, -0.05) is 0 Å². The van der Waals surface area contributed by atoms with E-state index in [-0.39, 0.29) is 18.5 Å². The van der Waals surface area contributed by atoms with E-state index in [4.69, 9.17) is 5.73 Å². The number of nitrogens with zero attached hydrogens (tertiary/aromatic N) is 3. The summed E-state index contributed by atoms with van der Waals surface area (Å²) in [4.78, 5) is 13.6. The molecule has 0 aliphatic rings. The van der Waals surface area contributed by atoms with Gasteiger partial charge in [0, 0.05) is 18.8 Å². The molecule has 0 aliphatic carbocycles. The number of nitrogens with two attached hydrogens (primary N) is 1. The van der Waals surface area contributed by atoms with Crippen LogP contribution in [-0.2, 0) is 11.3 Å². The molecular formula is C10H18N4O. The molecule has 1 aromatic rings. The molecule has 0 saturated carbocycles. The maximum atomic E-state index is 11.8. The van der Waals surface area contributed by atoms with Crippen LogP contribution in [0.15, 0.2) is 12.4 Å². The van der Waals surface area contributed by atoms with Gasteiger partial charge < -0.3 is 10.6 Å². The van der Waals surface area contributed by atoms with Crippen molar-refractivity contribution in [3.63, 3.8) is 0 Å². The van der Waals surface area contributed by atoms with E-state index in [1.54, 1.807) is 22.0 Å². The lowest BCUT2D eigenvalue weighted by molar-refractivity contribution is -0.133. The first-order valence-corrected chi connectivity index (χ1v) is 5.12.